The van der Waals surface area contributed by atoms with Crippen molar-refractivity contribution in [2.24, 2.45) is 7.05 Å². The van der Waals surface area contributed by atoms with E-state index in [0.29, 0.717) is 22.2 Å². The summed E-state index contributed by atoms with van der Waals surface area (Å²) in [4.78, 5) is 27.6. The van der Waals surface area contributed by atoms with Gasteiger partial charge in [-0.15, -0.1) is 22.0 Å². The first-order chi connectivity index (χ1) is 14.0. The zero-order valence-corrected chi connectivity index (χ0v) is 17.2. The standard InChI is InChI=1S/C19H17N5O3S2/c1-22-12-20-21-19(22)29-17-8-7-13(11-15(17)24(26)27)18(25)23-9-4-10-28-16-6-3-2-5-14(16)23/h2-3,5-8,11-12H,4,9-10H2,1H3. The van der Waals surface area contributed by atoms with Gasteiger partial charge in [-0.25, -0.2) is 0 Å². The number of thioether (sulfide) groups is 1. The number of rotatable bonds is 4. The lowest BCUT2D eigenvalue weighted by atomic mass is 10.1. The first-order valence-corrected chi connectivity index (χ1v) is 10.7. The molecule has 1 aromatic heterocycles. The maximum atomic E-state index is 13.2. The van der Waals surface area contributed by atoms with Gasteiger partial charge < -0.3 is 9.47 Å². The molecule has 0 fully saturated rings. The van der Waals surface area contributed by atoms with Gasteiger partial charge in [0.05, 0.1) is 15.5 Å². The van der Waals surface area contributed by atoms with Crippen molar-refractivity contribution in [1.82, 2.24) is 14.8 Å². The summed E-state index contributed by atoms with van der Waals surface area (Å²) in [7, 11) is 1.76. The highest BCUT2D eigenvalue weighted by molar-refractivity contribution is 7.99. The third kappa shape index (κ3) is 3.99. The van der Waals surface area contributed by atoms with Gasteiger partial charge in [0.15, 0.2) is 5.16 Å². The molecule has 0 aliphatic carbocycles. The number of hydrogen-bond donors (Lipinski definition) is 0. The Hall–Kier alpha value is -2.85. The van der Waals surface area contributed by atoms with Gasteiger partial charge in [0.25, 0.3) is 11.6 Å². The molecule has 0 atom stereocenters. The van der Waals surface area contributed by atoms with Crippen LogP contribution >= 0.6 is 23.5 Å². The lowest BCUT2D eigenvalue weighted by molar-refractivity contribution is -0.387. The molecule has 2 heterocycles. The molecule has 2 aromatic carbocycles. The van der Waals surface area contributed by atoms with Crippen molar-refractivity contribution in [3.8, 4) is 0 Å². The maximum absolute atomic E-state index is 13.2. The molecule has 1 aliphatic heterocycles. The molecule has 148 valence electrons. The molecular formula is C19H17N5O3S2. The highest BCUT2D eigenvalue weighted by atomic mass is 32.2. The van der Waals surface area contributed by atoms with E-state index in [4.69, 9.17) is 0 Å². The summed E-state index contributed by atoms with van der Waals surface area (Å²) in [5.41, 5.74) is 1.02. The number of nitrogens with zero attached hydrogens (tertiary/aromatic N) is 5. The second-order valence-electron chi connectivity index (χ2n) is 6.39. The number of aromatic nitrogens is 3. The Balaban J connectivity index is 1.68. The fourth-order valence-corrected chi connectivity index (χ4v) is 4.88. The molecule has 0 unspecified atom stereocenters. The van der Waals surface area contributed by atoms with Gasteiger partial charge in [0, 0.05) is 30.1 Å². The minimum Gasteiger partial charge on any atom is -0.311 e. The molecule has 0 radical (unpaired) electrons. The fourth-order valence-electron chi connectivity index (χ4n) is 3.04. The molecule has 0 bridgehead atoms. The van der Waals surface area contributed by atoms with Crippen molar-refractivity contribution in [2.75, 3.05) is 17.2 Å². The Labute approximate surface area is 175 Å². The van der Waals surface area contributed by atoms with E-state index in [-0.39, 0.29) is 11.6 Å². The van der Waals surface area contributed by atoms with E-state index < -0.39 is 4.92 Å². The minimum absolute atomic E-state index is 0.124. The third-order valence-electron chi connectivity index (χ3n) is 4.46. The Morgan fingerprint density at radius 2 is 2.10 bits per heavy atom. The minimum atomic E-state index is -0.471. The van der Waals surface area contributed by atoms with E-state index in [0.717, 1.165) is 34.5 Å². The maximum Gasteiger partial charge on any atom is 0.284 e. The summed E-state index contributed by atoms with van der Waals surface area (Å²) in [5.74, 6) is 0.687. The van der Waals surface area contributed by atoms with Crippen molar-refractivity contribution in [3.63, 3.8) is 0 Å². The molecule has 1 aliphatic rings. The Morgan fingerprint density at radius 3 is 2.86 bits per heavy atom. The Kier molecular flexibility index (Phi) is 5.54. The molecule has 0 saturated heterocycles. The molecule has 4 rings (SSSR count). The van der Waals surface area contributed by atoms with Crippen molar-refractivity contribution < 1.29 is 9.72 Å². The van der Waals surface area contributed by atoms with Gasteiger partial charge in [0.1, 0.15) is 6.33 Å². The van der Waals surface area contributed by atoms with Crippen LogP contribution < -0.4 is 4.90 Å². The first-order valence-electron chi connectivity index (χ1n) is 8.88. The quantitative estimate of drug-likeness (QED) is 0.458. The fraction of sp³-hybridized carbons (Fsp3) is 0.211. The van der Waals surface area contributed by atoms with E-state index in [1.54, 1.807) is 40.4 Å². The van der Waals surface area contributed by atoms with Crippen LogP contribution in [0.2, 0.25) is 0 Å². The molecule has 10 heteroatoms. The molecule has 0 saturated carbocycles. The number of nitro benzene ring substituents is 1. The van der Waals surface area contributed by atoms with E-state index in [1.807, 2.05) is 24.3 Å². The largest absolute Gasteiger partial charge is 0.311 e. The van der Waals surface area contributed by atoms with Crippen LogP contribution in [0.15, 0.2) is 63.7 Å². The predicted octanol–water partition coefficient (Wildman–Crippen LogP) is 4.02. The monoisotopic (exact) mass is 427 g/mol. The third-order valence-corrected chi connectivity index (χ3v) is 6.72. The lowest BCUT2D eigenvalue weighted by Gasteiger charge is -2.22. The predicted molar refractivity (Wildman–Crippen MR) is 112 cm³/mol. The zero-order chi connectivity index (χ0) is 20.4. The number of carbonyl (C=O) groups excluding carboxylic acids is 1. The summed E-state index contributed by atoms with van der Waals surface area (Å²) in [6, 6.07) is 12.3. The van der Waals surface area contributed by atoms with E-state index in [2.05, 4.69) is 10.2 Å². The topological polar surface area (TPSA) is 94.2 Å². The molecule has 1 amide bonds. The SMILES string of the molecule is Cn1cnnc1Sc1ccc(C(=O)N2CCCSc3ccccc32)cc1[N+](=O)[O-]. The van der Waals surface area contributed by atoms with E-state index in [1.165, 1.54) is 12.4 Å². The van der Waals surface area contributed by atoms with Crippen molar-refractivity contribution in [1.29, 1.82) is 0 Å². The van der Waals surface area contributed by atoms with Crippen molar-refractivity contribution in [3.05, 3.63) is 64.5 Å². The number of amides is 1. The van der Waals surface area contributed by atoms with Gasteiger partial charge in [-0.2, -0.15) is 0 Å². The highest BCUT2D eigenvalue weighted by Crippen LogP contribution is 2.37. The number of para-hydroxylation sites is 1. The molecule has 3 aromatic rings. The molecule has 29 heavy (non-hydrogen) atoms. The number of nitro groups is 1. The number of aryl methyl sites for hydroxylation is 1. The lowest BCUT2D eigenvalue weighted by Crippen LogP contribution is -2.31. The van der Waals surface area contributed by atoms with Crippen LogP contribution in [-0.2, 0) is 7.05 Å². The average Bonchev–Trinajstić information content (AvgIpc) is 3.00. The molecule has 0 N–H and O–H groups in total. The van der Waals surface area contributed by atoms with Crippen LogP contribution in [0.5, 0.6) is 0 Å². The Bertz CT molecular complexity index is 1090. The van der Waals surface area contributed by atoms with Crippen LogP contribution in [0.3, 0.4) is 0 Å². The number of carbonyl (C=O) groups is 1. The molecular weight excluding hydrogens is 410 g/mol. The molecule has 8 nitrogen and oxygen atoms in total. The summed E-state index contributed by atoms with van der Waals surface area (Å²) in [5, 5.41) is 19.9. The number of anilines is 1. The van der Waals surface area contributed by atoms with Crippen molar-refractivity contribution >= 4 is 40.8 Å². The van der Waals surface area contributed by atoms with Crippen LogP contribution in [-0.4, -0.2) is 37.9 Å². The van der Waals surface area contributed by atoms with Gasteiger partial charge in [0.2, 0.25) is 0 Å². The molecule has 0 spiro atoms. The normalized spacial score (nSPS) is 13.6. The van der Waals surface area contributed by atoms with Gasteiger partial charge in [-0.3, -0.25) is 14.9 Å². The second-order valence-corrected chi connectivity index (χ2v) is 8.54. The van der Waals surface area contributed by atoms with E-state index in [9.17, 15) is 14.9 Å². The summed E-state index contributed by atoms with van der Waals surface area (Å²) in [6.07, 6.45) is 2.38. The van der Waals surface area contributed by atoms with Gasteiger partial charge >= 0.3 is 0 Å². The number of benzene rings is 2. The number of fused-ring (bicyclic) bond motifs is 1. The first kappa shape index (κ1) is 19.5. The Morgan fingerprint density at radius 1 is 1.28 bits per heavy atom. The summed E-state index contributed by atoms with van der Waals surface area (Å²) in [6.45, 7) is 0.575. The smallest absolute Gasteiger partial charge is 0.284 e. The zero-order valence-electron chi connectivity index (χ0n) is 15.5. The van der Waals surface area contributed by atoms with Crippen LogP contribution in [0.25, 0.3) is 0 Å². The average molecular weight is 428 g/mol. The summed E-state index contributed by atoms with van der Waals surface area (Å²) < 4.78 is 1.68. The van der Waals surface area contributed by atoms with Gasteiger partial charge in [-0.1, -0.05) is 12.1 Å². The highest BCUT2D eigenvalue weighted by Gasteiger charge is 2.25. The number of hydrogen-bond acceptors (Lipinski definition) is 7. The second kappa shape index (κ2) is 8.26. The van der Waals surface area contributed by atoms with E-state index >= 15 is 0 Å². The van der Waals surface area contributed by atoms with Crippen LogP contribution in [0, 0.1) is 10.1 Å². The summed E-state index contributed by atoms with van der Waals surface area (Å²) >= 11 is 2.86. The van der Waals surface area contributed by atoms with Crippen LogP contribution in [0.4, 0.5) is 11.4 Å². The van der Waals surface area contributed by atoms with Crippen LogP contribution in [0.1, 0.15) is 16.8 Å². The van der Waals surface area contributed by atoms with Gasteiger partial charge in [-0.05, 0) is 48.2 Å². The van der Waals surface area contributed by atoms with Crippen molar-refractivity contribution in [2.45, 2.75) is 21.4 Å².